The lowest BCUT2D eigenvalue weighted by molar-refractivity contribution is 0.0205. The minimum Gasteiger partial charge on any atom is -0.444 e. The Morgan fingerprint density at radius 1 is 1.23 bits per heavy atom. The molecule has 1 fully saturated rings. The minimum absolute atomic E-state index is 0.266. The number of hydrogen-bond acceptors (Lipinski definition) is 5. The lowest BCUT2D eigenvalue weighted by Gasteiger charge is -2.33. The first kappa shape index (κ1) is 24.3. The van der Waals surface area contributed by atoms with Gasteiger partial charge in [-0.25, -0.2) is 9.78 Å². The Labute approximate surface area is 205 Å². The van der Waals surface area contributed by atoms with Crippen molar-refractivity contribution in [3.63, 3.8) is 0 Å². The van der Waals surface area contributed by atoms with Crippen molar-refractivity contribution in [1.29, 1.82) is 5.26 Å². The summed E-state index contributed by atoms with van der Waals surface area (Å²) >= 11 is 0. The second-order valence-electron chi connectivity index (χ2n) is 10.1. The van der Waals surface area contributed by atoms with Gasteiger partial charge in [-0.1, -0.05) is 6.07 Å². The average Bonchev–Trinajstić information content (AvgIpc) is 3.17. The second kappa shape index (κ2) is 9.41. The van der Waals surface area contributed by atoms with Crippen molar-refractivity contribution in [1.82, 2.24) is 14.5 Å². The van der Waals surface area contributed by atoms with E-state index in [0.29, 0.717) is 29.9 Å². The molecule has 35 heavy (non-hydrogen) atoms. The average molecular weight is 474 g/mol. The molecule has 182 valence electrons. The highest BCUT2D eigenvalue weighted by Gasteiger charge is 2.29. The zero-order valence-electron chi connectivity index (χ0n) is 20.9. The molecule has 2 amide bonds. The van der Waals surface area contributed by atoms with Crippen LogP contribution in [0.15, 0.2) is 36.7 Å². The van der Waals surface area contributed by atoms with Crippen molar-refractivity contribution >= 4 is 28.7 Å². The third-order valence-corrected chi connectivity index (χ3v) is 6.36. The maximum Gasteiger partial charge on any atom is 0.410 e. The molecule has 0 aliphatic carbocycles. The molecule has 0 unspecified atom stereocenters. The van der Waals surface area contributed by atoms with Gasteiger partial charge in [-0.15, -0.1) is 0 Å². The molecule has 0 atom stereocenters. The largest absolute Gasteiger partial charge is 0.444 e. The van der Waals surface area contributed by atoms with E-state index in [4.69, 9.17) is 10.00 Å². The Bertz CT molecular complexity index is 1320. The van der Waals surface area contributed by atoms with Gasteiger partial charge in [-0.05, 0) is 75.8 Å². The molecule has 3 aromatic rings. The van der Waals surface area contributed by atoms with Crippen molar-refractivity contribution in [2.45, 2.75) is 52.1 Å². The molecule has 1 N–H and O–H groups in total. The van der Waals surface area contributed by atoms with Crippen molar-refractivity contribution in [3.05, 3.63) is 58.9 Å². The maximum absolute atomic E-state index is 12.9. The number of aryl methyl sites for hydroxylation is 2. The molecule has 1 saturated heterocycles. The SMILES string of the molecule is Cc1c(NC(=O)c2cccc(C#N)c2)cnc2c1c(C1CCN(C(=O)OC(C)(C)C)CC1)cn2C. The van der Waals surface area contributed by atoms with Crippen molar-refractivity contribution in [2.24, 2.45) is 7.05 Å². The van der Waals surface area contributed by atoms with Crippen LogP contribution in [0, 0.1) is 18.3 Å². The third-order valence-electron chi connectivity index (χ3n) is 6.36. The Morgan fingerprint density at radius 3 is 2.60 bits per heavy atom. The summed E-state index contributed by atoms with van der Waals surface area (Å²) in [7, 11) is 1.97. The standard InChI is InChI=1S/C27H31N5O3/c1-17-22(30-25(33)20-8-6-7-18(13-20)14-28)15-29-24-23(17)21(16-31(24)5)19-9-11-32(12-10-19)26(34)35-27(2,3)4/h6-8,13,15-16,19H,9-12H2,1-5H3,(H,30,33). The summed E-state index contributed by atoms with van der Waals surface area (Å²) in [4.78, 5) is 31.7. The number of nitrogens with one attached hydrogen (secondary N) is 1. The molecule has 2 aromatic heterocycles. The van der Waals surface area contributed by atoms with Crippen LogP contribution in [0.4, 0.5) is 10.5 Å². The summed E-state index contributed by atoms with van der Waals surface area (Å²) in [5.74, 6) is -0.00866. The Morgan fingerprint density at radius 2 is 1.94 bits per heavy atom. The van der Waals surface area contributed by atoms with Gasteiger partial charge in [0, 0.05) is 37.3 Å². The van der Waals surface area contributed by atoms with Crippen LogP contribution in [0.3, 0.4) is 0 Å². The van der Waals surface area contributed by atoms with E-state index < -0.39 is 5.60 Å². The van der Waals surface area contributed by atoms with Gasteiger partial charge in [0.05, 0.1) is 23.5 Å². The minimum atomic E-state index is -0.511. The molecule has 8 heteroatoms. The molecule has 1 aromatic carbocycles. The molecule has 0 bridgehead atoms. The number of aromatic nitrogens is 2. The number of amides is 2. The topological polar surface area (TPSA) is 100 Å². The Hall–Kier alpha value is -3.86. The number of pyridine rings is 1. The smallest absolute Gasteiger partial charge is 0.410 e. The third kappa shape index (κ3) is 5.14. The number of ether oxygens (including phenoxy) is 1. The molecule has 1 aliphatic rings. The van der Waals surface area contributed by atoms with Gasteiger partial charge >= 0.3 is 6.09 Å². The van der Waals surface area contributed by atoms with E-state index in [-0.39, 0.29) is 17.9 Å². The Balaban J connectivity index is 1.57. The molecule has 0 radical (unpaired) electrons. The van der Waals surface area contributed by atoms with E-state index in [2.05, 4.69) is 22.6 Å². The molecular formula is C27H31N5O3. The van der Waals surface area contributed by atoms with Crippen LogP contribution in [-0.4, -0.2) is 45.1 Å². The molecule has 8 nitrogen and oxygen atoms in total. The van der Waals surface area contributed by atoms with Crippen LogP contribution >= 0.6 is 0 Å². The number of carbonyl (C=O) groups excluding carboxylic acids is 2. The lowest BCUT2D eigenvalue weighted by Crippen LogP contribution is -2.41. The normalized spacial score (nSPS) is 14.6. The van der Waals surface area contributed by atoms with E-state index in [1.54, 1.807) is 35.4 Å². The predicted molar refractivity (Wildman–Crippen MR) is 134 cm³/mol. The van der Waals surface area contributed by atoms with E-state index in [1.165, 1.54) is 5.56 Å². The first-order valence-corrected chi connectivity index (χ1v) is 11.8. The first-order valence-electron chi connectivity index (χ1n) is 11.8. The summed E-state index contributed by atoms with van der Waals surface area (Å²) in [6.07, 6.45) is 5.18. The van der Waals surface area contributed by atoms with Gasteiger partial charge in [-0.3, -0.25) is 4.79 Å². The fourth-order valence-electron chi connectivity index (χ4n) is 4.60. The van der Waals surface area contributed by atoms with Crippen molar-refractivity contribution in [2.75, 3.05) is 18.4 Å². The van der Waals surface area contributed by atoms with Gasteiger partial charge in [0.2, 0.25) is 0 Å². The number of anilines is 1. The highest BCUT2D eigenvalue weighted by atomic mass is 16.6. The number of rotatable bonds is 3. The quantitative estimate of drug-likeness (QED) is 0.569. The predicted octanol–water partition coefficient (Wildman–Crippen LogP) is 5.12. The maximum atomic E-state index is 12.9. The number of likely N-dealkylation sites (tertiary alicyclic amines) is 1. The summed E-state index contributed by atoms with van der Waals surface area (Å²) in [6.45, 7) is 8.88. The molecule has 4 rings (SSSR count). The highest BCUT2D eigenvalue weighted by molar-refractivity contribution is 6.06. The van der Waals surface area contributed by atoms with Gasteiger partial charge < -0.3 is 19.5 Å². The lowest BCUT2D eigenvalue weighted by atomic mass is 9.88. The molecule has 0 saturated carbocycles. The zero-order chi connectivity index (χ0) is 25.3. The fraction of sp³-hybridized carbons (Fsp3) is 0.407. The molecule has 3 heterocycles. The first-order chi connectivity index (χ1) is 16.6. The summed E-state index contributed by atoms with van der Waals surface area (Å²) in [5, 5.41) is 13.1. The van der Waals surface area contributed by atoms with Crippen molar-refractivity contribution in [3.8, 4) is 6.07 Å². The molecule has 1 aliphatic heterocycles. The summed E-state index contributed by atoms with van der Waals surface area (Å²) in [6, 6.07) is 8.68. The number of piperidine rings is 1. The van der Waals surface area contributed by atoms with Crippen LogP contribution in [0.25, 0.3) is 11.0 Å². The van der Waals surface area contributed by atoms with Crippen LogP contribution in [-0.2, 0) is 11.8 Å². The number of benzene rings is 1. The van der Waals surface area contributed by atoms with E-state index >= 15 is 0 Å². The molecule has 0 spiro atoms. The highest BCUT2D eigenvalue weighted by Crippen LogP contribution is 2.37. The second-order valence-corrected chi connectivity index (χ2v) is 10.1. The van der Waals surface area contributed by atoms with Gasteiger partial charge in [-0.2, -0.15) is 5.26 Å². The summed E-state index contributed by atoms with van der Waals surface area (Å²) < 4.78 is 7.54. The van der Waals surface area contributed by atoms with E-state index in [1.807, 2.05) is 39.3 Å². The van der Waals surface area contributed by atoms with Gasteiger partial charge in [0.15, 0.2) is 0 Å². The van der Waals surface area contributed by atoms with Crippen LogP contribution < -0.4 is 5.32 Å². The van der Waals surface area contributed by atoms with Gasteiger partial charge in [0.25, 0.3) is 5.91 Å². The summed E-state index contributed by atoms with van der Waals surface area (Å²) in [5.41, 5.74) is 3.98. The van der Waals surface area contributed by atoms with E-state index in [0.717, 1.165) is 29.4 Å². The monoisotopic (exact) mass is 473 g/mol. The number of nitrogens with zero attached hydrogens (tertiary/aromatic N) is 4. The van der Waals surface area contributed by atoms with Crippen molar-refractivity contribution < 1.29 is 14.3 Å². The fourth-order valence-corrected chi connectivity index (χ4v) is 4.60. The number of fused-ring (bicyclic) bond motifs is 1. The van der Waals surface area contributed by atoms with Gasteiger partial charge in [0.1, 0.15) is 11.2 Å². The number of nitriles is 1. The van der Waals surface area contributed by atoms with Crippen LogP contribution in [0.1, 0.15) is 66.6 Å². The van der Waals surface area contributed by atoms with Crippen LogP contribution in [0.5, 0.6) is 0 Å². The zero-order valence-corrected chi connectivity index (χ0v) is 20.9. The van der Waals surface area contributed by atoms with Crippen LogP contribution in [0.2, 0.25) is 0 Å². The van der Waals surface area contributed by atoms with E-state index in [9.17, 15) is 9.59 Å². The number of carbonyl (C=O) groups is 2. The Kier molecular flexibility index (Phi) is 6.53. The number of hydrogen-bond donors (Lipinski definition) is 1. The molecular weight excluding hydrogens is 442 g/mol.